The van der Waals surface area contributed by atoms with Crippen molar-refractivity contribution in [1.82, 2.24) is 4.98 Å². The summed E-state index contributed by atoms with van der Waals surface area (Å²) in [5.74, 6) is 0. The molecule has 0 aliphatic heterocycles. The van der Waals surface area contributed by atoms with Gasteiger partial charge in [-0.25, -0.2) is 30.0 Å². The van der Waals surface area contributed by atoms with Crippen molar-refractivity contribution in [3.05, 3.63) is 47.3 Å². The predicted octanol–water partition coefficient (Wildman–Crippen LogP) is 1.81. The second kappa shape index (κ2) is 6.98. The summed E-state index contributed by atoms with van der Waals surface area (Å²) < 4.78 is 85.3. The van der Waals surface area contributed by atoms with Crippen molar-refractivity contribution >= 4 is 51.5 Å². The molecule has 0 aliphatic carbocycles. The van der Waals surface area contributed by atoms with Crippen molar-refractivity contribution in [3.8, 4) is 11.1 Å². The highest BCUT2D eigenvalue weighted by atomic mass is 32.2. The topological polar surface area (TPSA) is 159 Å². The van der Waals surface area contributed by atoms with Gasteiger partial charge in [0, 0.05) is 53.1 Å². The minimum absolute atomic E-state index is 0.0983. The molecular weight excluding hydrogens is 482 g/mol. The van der Waals surface area contributed by atoms with Gasteiger partial charge >= 0.3 is 5.63 Å². The Morgan fingerprint density at radius 2 is 1.50 bits per heavy atom. The third-order valence-corrected chi connectivity index (χ3v) is 8.05. The van der Waals surface area contributed by atoms with Crippen molar-refractivity contribution in [2.45, 2.75) is 14.7 Å². The normalized spacial score (nSPS) is 13.1. The minimum Gasteiger partial charge on any atom is -0.461 e. The molecule has 0 fully saturated rings. The van der Waals surface area contributed by atoms with E-state index >= 15 is 0 Å². The lowest BCUT2D eigenvalue weighted by Crippen LogP contribution is -2.16. The third kappa shape index (κ3) is 3.51. The van der Waals surface area contributed by atoms with Gasteiger partial charge in [0.05, 0.1) is 0 Å². The highest BCUT2D eigenvalue weighted by Crippen LogP contribution is 2.41. The third-order valence-electron chi connectivity index (χ3n) is 4.71. The Hall–Kier alpha value is -3.03. The molecule has 168 valence electrons. The Balaban J connectivity index is 2.44. The van der Waals surface area contributed by atoms with E-state index in [1.54, 1.807) is 0 Å². The summed E-state index contributed by atoms with van der Waals surface area (Å²) in [5.41, 5.74) is -2.02. The largest absolute Gasteiger partial charge is 0.461 e. The number of hydrogen-bond donors (Lipinski definition) is 0. The fraction of sp³-hybridized carbons (Fsp3) is 0.158. The summed E-state index contributed by atoms with van der Waals surface area (Å²) in [5, 5.41) is -0.198. The molecule has 3 aromatic heterocycles. The molecule has 0 amide bonds. The van der Waals surface area contributed by atoms with Crippen molar-refractivity contribution in [3.63, 3.8) is 0 Å². The monoisotopic (exact) mass is 497 g/mol. The zero-order chi connectivity index (χ0) is 23.6. The number of pyridine rings is 1. The Kier molecular flexibility index (Phi) is 4.84. The maximum absolute atomic E-state index is 12.8. The Labute approximate surface area is 182 Å². The van der Waals surface area contributed by atoms with Gasteiger partial charge in [-0.15, -0.1) is 0 Å². The first kappa shape index (κ1) is 22.2. The molecule has 3 heterocycles. The van der Waals surface area contributed by atoms with Gasteiger partial charge in [0.1, 0.15) is 11.2 Å². The molecule has 0 atom stereocenters. The van der Waals surface area contributed by atoms with Crippen LogP contribution < -0.4 is 5.63 Å². The number of aromatic nitrogens is 1. The fourth-order valence-electron chi connectivity index (χ4n) is 3.51. The van der Waals surface area contributed by atoms with E-state index in [0.29, 0.717) is 0 Å². The molecule has 0 N–H and O–H groups in total. The van der Waals surface area contributed by atoms with Crippen LogP contribution in [0, 0.1) is 0 Å². The van der Waals surface area contributed by atoms with E-state index < -0.39 is 50.5 Å². The first-order valence-corrected chi connectivity index (χ1v) is 14.4. The molecule has 4 aromatic rings. The van der Waals surface area contributed by atoms with Crippen LogP contribution in [0.2, 0.25) is 0 Å². The van der Waals surface area contributed by atoms with Crippen LogP contribution in [0.15, 0.2) is 65.2 Å². The molecule has 0 aliphatic rings. The molecule has 32 heavy (non-hydrogen) atoms. The molecule has 0 saturated carbocycles. The first-order valence-electron chi connectivity index (χ1n) is 8.77. The van der Waals surface area contributed by atoms with Crippen LogP contribution >= 0.6 is 0 Å². The minimum atomic E-state index is -4.16. The van der Waals surface area contributed by atoms with Crippen molar-refractivity contribution in [1.29, 1.82) is 0 Å². The Morgan fingerprint density at radius 1 is 0.844 bits per heavy atom. The molecule has 1 aromatic carbocycles. The van der Waals surface area contributed by atoms with Gasteiger partial charge < -0.3 is 8.83 Å². The number of fused-ring (bicyclic) bond motifs is 2. The van der Waals surface area contributed by atoms with Gasteiger partial charge in [-0.05, 0) is 12.1 Å². The molecule has 0 bridgehead atoms. The first-order chi connectivity index (χ1) is 14.7. The molecule has 0 unspecified atom stereocenters. The van der Waals surface area contributed by atoms with E-state index in [2.05, 4.69) is 4.98 Å². The van der Waals surface area contributed by atoms with E-state index in [1.807, 2.05) is 0 Å². The van der Waals surface area contributed by atoms with Crippen molar-refractivity contribution < 1.29 is 34.1 Å². The lowest BCUT2D eigenvalue weighted by Gasteiger charge is -2.13. The maximum Gasteiger partial charge on any atom is 0.355 e. The summed E-state index contributed by atoms with van der Waals surface area (Å²) in [7, 11) is -12.1. The highest BCUT2D eigenvalue weighted by Gasteiger charge is 2.31. The summed E-state index contributed by atoms with van der Waals surface area (Å²) in [6.07, 6.45) is 6.15. The van der Waals surface area contributed by atoms with Gasteiger partial charge in [0.2, 0.25) is 0 Å². The second-order valence-electron chi connectivity index (χ2n) is 7.21. The molecule has 10 nitrogen and oxygen atoms in total. The summed E-state index contributed by atoms with van der Waals surface area (Å²) in [6, 6.07) is 4.21. The summed E-state index contributed by atoms with van der Waals surface area (Å²) in [4.78, 5) is 15.1. The Bertz CT molecular complexity index is 1800. The van der Waals surface area contributed by atoms with Crippen LogP contribution in [-0.4, -0.2) is 49.0 Å². The number of furan rings is 1. The highest BCUT2D eigenvalue weighted by molar-refractivity contribution is 7.91. The molecular formula is C19H15NO9S3. The van der Waals surface area contributed by atoms with Crippen molar-refractivity contribution in [2.24, 2.45) is 0 Å². The van der Waals surface area contributed by atoms with Gasteiger partial charge in [-0.1, -0.05) is 6.07 Å². The summed E-state index contributed by atoms with van der Waals surface area (Å²) in [6.45, 7) is 0. The number of nitrogens with zero attached hydrogens (tertiary/aromatic N) is 1. The number of benzene rings is 1. The Morgan fingerprint density at radius 3 is 2.03 bits per heavy atom. The lowest BCUT2D eigenvalue weighted by molar-refractivity contribution is 0.524. The van der Waals surface area contributed by atoms with Gasteiger partial charge in [0.15, 0.2) is 50.5 Å². The zero-order valence-corrected chi connectivity index (χ0v) is 19.3. The second-order valence-corrected chi connectivity index (χ2v) is 13.1. The van der Waals surface area contributed by atoms with Crippen LogP contribution in [-0.2, 0) is 29.5 Å². The average molecular weight is 498 g/mol. The molecule has 4 rings (SSSR count). The molecule has 0 spiro atoms. The van der Waals surface area contributed by atoms with Crippen molar-refractivity contribution in [2.75, 3.05) is 18.8 Å². The number of hydrogen-bond acceptors (Lipinski definition) is 10. The zero-order valence-electron chi connectivity index (χ0n) is 16.8. The van der Waals surface area contributed by atoms with E-state index in [9.17, 15) is 30.0 Å². The van der Waals surface area contributed by atoms with Gasteiger partial charge in [0.25, 0.3) is 0 Å². The molecule has 0 saturated heterocycles. The summed E-state index contributed by atoms with van der Waals surface area (Å²) >= 11 is 0. The van der Waals surface area contributed by atoms with E-state index in [4.69, 9.17) is 8.83 Å². The fourth-order valence-corrected chi connectivity index (χ4v) is 6.21. The van der Waals surface area contributed by atoms with E-state index in [1.165, 1.54) is 30.6 Å². The number of sulfone groups is 3. The van der Waals surface area contributed by atoms with Gasteiger partial charge in [-0.2, -0.15) is 0 Å². The maximum atomic E-state index is 12.8. The van der Waals surface area contributed by atoms with E-state index in [0.717, 1.165) is 25.0 Å². The average Bonchev–Trinajstić information content (AvgIpc) is 3.07. The lowest BCUT2D eigenvalue weighted by atomic mass is 10.0. The molecule has 0 radical (unpaired) electrons. The van der Waals surface area contributed by atoms with Crippen LogP contribution in [0.25, 0.3) is 33.1 Å². The SMILES string of the molecule is CS(=O)(=O)c1c(-c2cccnc2)c2cc3c(S(C)(=O)=O)coc3c(S(C)(=O)=O)c2oc1=O. The number of rotatable bonds is 4. The van der Waals surface area contributed by atoms with Crippen LogP contribution in [0.4, 0.5) is 0 Å². The standard InChI is InChI=1S/C19H15NO9S3/c1-30(22,23)13-9-28-15-11(13)7-12-14(10-5-4-6-20-8-10)17(31(2,24)25)19(21)29-16(12)18(15)32(3,26)27/h4-9H,1-3H3. The molecule has 13 heteroatoms. The predicted molar refractivity (Wildman–Crippen MR) is 115 cm³/mol. The van der Waals surface area contributed by atoms with Crippen LogP contribution in [0.1, 0.15) is 0 Å². The van der Waals surface area contributed by atoms with E-state index in [-0.39, 0.29) is 32.4 Å². The quantitative estimate of drug-likeness (QED) is 0.381. The van der Waals surface area contributed by atoms with Crippen LogP contribution in [0.5, 0.6) is 0 Å². The smallest absolute Gasteiger partial charge is 0.355 e. The van der Waals surface area contributed by atoms with Gasteiger partial charge in [-0.3, -0.25) is 4.98 Å². The van der Waals surface area contributed by atoms with Crippen LogP contribution in [0.3, 0.4) is 0 Å².